The Morgan fingerprint density at radius 1 is 1.53 bits per heavy atom. The topological polar surface area (TPSA) is 45.0 Å². The van der Waals surface area contributed by atoms with Gasteiger partial charge in [0.05, 0.1) is 35.0 Å². The number of hydrogen-bond donors (Lipinski definition) is 1. The number of allylic oxidation sites excluding steroid dienone is 2. The van der Waals surface area contributed by atoms with Crippen molar-refractivity contribution >= 4 is 44.4 Å². The number of quaternary nitrogens is 1. The van der Waals surface area contributed by atoms with Crippen LogP contribution in [0.2, 0.25) is 0 Å². The highest BCUT2D eigenvalue weighted by molar-refractivity contribution is 14.1. The van der Waals surface area contributed by atoms with Gasteiger partial charge in [0.2, 0.25) is 5.70 Å². The third-order valence-corrected chi connectivity index (χ3v) is 5.27. The minimum atomic E-state index is 0.125. The largest absolute Gasteiger partial charge is 0.396 e. The molecule has 1 atom stereocenters. The fraction of sp³-hybridized carbons (Fsp3) is 0.455. The number of amidine groups is 1. The first-order valence-corrected chi connectivity index (χ1v) is 6.96. The van der Waals surface area contributed by atoms with Gasteiger partial charge in [-0.1, -0.05) is 0 Å². The number of rotatable bonds is 2. The molecule has 1 aliphatic carbocycles. The lowest BCUT2D eigenvalue weighted by molar-refractivity contribution is -0.594. The Kier molecular flexibility index (Phi) is 2.89. The average Bonchev–Trinajstić information content (AvgIpc) is 2.51. The number of aliphatic hydroxyl groups is 1. The zero-order chi connectivity index (χ0) is 12.0. The van der Waals surface area contributed by atoms with Crippen LogP contribution in [0.25, 0.3) is 0 Å². The zero-order valence-electron chi connectivity index (χ0n) is 9.05. The Morgan fingerprint density at radius 2 is 2.29 bits per heavy atom. The third kappa shape index (κ3) is 1.71. The molecule has 0 radical (unpaired) electrons. The average molecular weight is 365 g/mol. The van der Waals surface area contributed by atoms with Gasteiger partial charge >= 0.3 is 0 Å². The van der Waals surface area contributed by atoms with Gasteiger partial charge < -0.3 is 5.11 Å². The molecule has 6 heteroatoms. The zero-order valence-corrected chi connectivity index (χ0v) is 12.0. The highest BCUT2D eigenvalue weighted by Gasteiger charge is 2.47. The molecule has 0 aromatic rings. The van der Waals surface area contributed by atoms with Crippen molar-refractivity contribution in [3.8, 4) is 0 Å². The molecule has 1 unspecified atom stereocenters. The first-order valence-electron chi connectivity index (χ1n) is 5.55. The molecule has 3 rings (SSSR count). The van der Waals surface area contributed by atoms with Crippen LogP contribution in [0, 0.1) is 11.8 Å². The van der Waals surface area contributed by atoms with Crippen molar-refractivity contribution in [2.24, 2.45) is 21.8 Å². The van der Waals surface area contributed by atoms with E-state index in [1.807, 2.05) is 6.20 Å². The molecule has 2 aliphatic heterocycles. The van der Waals surface area contributed by atoms with Gasteiger partial charge in [-0.15, -0.1) is 4.00 Å². The summed E-state index contributed by atoms with van der Waals surface area (Å²) >= 11 is 8.70. The summed E-state index contributed by atoms with van der Waals surface area (Å²) in [6.07, 6.45) is 7.32. The lowest BCUT2D eigenvalue weighted by atomic mass is 9.73. The third-order valence-electron chi connectivity index (χ3n) is 3.53. The summed E-state index contributed by atoms with van der Waals surface area (Å²) in [5.41, 5.74) is 2.00. The maximum Gasteiger partial charge on any atom is 0.292 e. The van der Waals surface area contributed by atoms with Crippen molar-refractivity contribution in [3.63, 3.8) is 0 Å². The quantitative estimate of drug-likeness (QED) is 0.457. The SMILES string of the molecule is OCC1CC(C2=C3C=NC=C[N+]3(Cl)C(I)=N2)C1. The standard InChI is InChI=1S/C11H12ClIN3O/c12-16-2-1-14-5-9(16)10(15-11(16)13)8-3-7(4-8)6-17/h1-2,5,7-8,17H,3-4,6H2/q+1. The minimum Gasteiger partial charge on any atom is -0.396 e. The second-order valence-corrected chi connectivity index (χ2v) is 6.08. The van der Waals surface area contributed by atoms with Crippen molar-refractivity contribution in [2.75, 3.05) is 6.61 Å². The number of hydrogen-bond acceptors (Lipinski definition) is 3. The van der Waals surface area contributed by atoms with Crippen LogP contribution in [0.15, 0.2) is 33.8 Å². The lowest BCUT2D eigenvalue weighted by Crippen LogP contribution is -2.34. The molecule has 3 aliphatic rings. The van der Waals surface area contributed by atoms with Crippen LogP contribution in [-0.4, -0.2) is 25.8 Å². The van der Waals surface area contributed by atoms with E-state index in [0.717, 1.165) is 28.1 Å². The molecule has 0 aromatic heterocycles. The van der Waals surface area contributed by atoms with E-state index in [1.54, 1.807) is 12.4 Å². The van der Waals surface area contributed by atoms with E-state index < -0.39 is 0 Å². The summed E-state index contributed by atoms with van der Waals surface area (Å²) in [6.45, 7) is 0.273. The van der Waals surface area contributed by atoms with Crippen molar-refractivity contribution in [2.45, 2.75) is 12.8 Å². The first kappa shape index (κ1) is 11.8. The molecule has 1 N–H and O–H groups in total. The van der Waals surface area contributed by atoms with Crippen LogP contribution in [0.5, 0.6) is 0 Å². The van der Waals surface area contributed by atoms with Gasteiger partial charge in [0.25, 0.3) is 3.84 Å². The predicted molar refractivity (Wildman–Crippen MR) is 75.5 cm³/mol. The molecular formula is C11H12ClIN3O+. The molecule has 0 aromatic carbocycles. The molecule has 0 saturated heterocycles. The summed E-state index contributed by atoms with van der Waals surface area (Å²) in [5.74, 6) is 0.846. The summed E-state index contributed by atoms with van der Waals surface area (Å²) in [7, 11) is 0. The van der Waals surface area contributed by atoms with Gasteiger partial charge in [-0.3, -0.25) is 4.99 Å². The molecule has 0 bridgehead atoms. The van der Waals surface area contributed by atoms with E-state index in [0.29, 0.717) is 11.8 Å². The highest BCUT2D eigenvalue weighted by atomic mass is 127. The maximum absolute atomic E-state index is 9.06. The van der Waals surface area contributed by atoms with Crippen molar-refractivity contribution in [1.29, 1.82) is 0 Å². The second-order valence-electron chi connectivity index (χ2n) is 4.58. The van der Waals surface area contributed by atoms with E-state index in [1.165, 1.54) is 0 Å². The van der Waals surface area contributed by atoms with E-state index in [-0.39, 0.29) is 10.6 Å². The smallest absolute Gasteiger partial charge is 0.292 e. The van der Waals surface area contributed by atoms with Gasteiger partial charge in [-0.2, -0.15) is 4.99 Å². The molecule has 4 nitrogen and oxygen atoms in total. The van der Waals surface area contributed by atoms with Gasteiger partial charge in [-0.05, 0) is 18.8 Å². The van der Waals surface area contributed by atoms with Crippen molar-refractivity contribution in [1.82, 2.24) is 0 Å². The van der Waals surface area contributed by atoms with Gasteiger partial charge in [-0.25, -0.2) is 0 Å². The number of nitrogens with zero attached hydrogens (tertiary/aromatic N) is 3. The molecular weight excluding hydrogens is 352 g/mol. The molecule has 0 spiro atoms. The Hall–Kier alpha value is -0.240. The minimum absolute atomic E-state index is 0.125. The van der Waals surface area contributed by atoms with Crippen molar-refractivity contribution < 1.29 is 9.11 Å². The van der Waals surface area contributed by atoms with Crippen LogP contribution in [-0.2, 0) is 0 Å². The van der Waals surface area contributed by atoms with Crippen LogP contribution in [0.4, 0.5) is 0 Å². The summed E-state index contributed by atoms with van der Waals surface area (Å²) in [6, 6.07) is 0. The highest BCUT2D eigenvalue weighted by Crippen LogP contribution is 2.46. The van der Waals surface area contributed by atoms with Crippen LogP contribution in [0.1, 0.15) is 12.8 Å². The maximum atomic E-state index is 9.06. The van der Waals surface area contributed by atoms with Gasteiger partial charge in [0, 0.05) is 12.5 Å². The summed E-state index contributed by atoms with van der Waals surface area (Å²) in [4.78, 5) is 8.73. The van der Waals surface area contributed by atoms with Crippen LogP contribution >= 0.6 is 34.4 Å². The summed E-state index contributed by atoms with van der Waals surface area (Å²) in [5, 5.41) is 9.06. The Morgan fingerprint density at radius 3 is 3.00 bits per heavy atom. The summed E-state index contributed by atoms with van der Waals surface area (Å²) < 4.78 is 0.962. The Bertz CT molecular complexity index is 479. The molecule has 90 valence electrons. The second kappa shape index (κ2) is 4.15. The number of fused-ring (bicyclic) bond motifs is 1. The predicted octanol–water partition coefficient (Wildman–Crippen LogP) is 2.55. The van der Waals surface area contributed by atoms with E-state index in [4.69, 9.17) is 16.9 Å². The lowest BCUT2D eigenvalue weighted by Gasteiger charge is -2.33. The monoisotopic (exact) mass is 364 g/mol. The molecule has 1 fully saturated rings. The molecule has 2 heterocycles. The Labute approximate surface area is 118 Å². The fourth-order valence-electron chi connectivity index (χ4n) is 2.44. The molecule has 0 amide bonds. The van der Waals surface area contributed by atoms with E-state index >= 15 is 0 Å². The number of aliphatic imine (C=N–C) groups is 2. The molecule has 1 saturated carbocycles. The number of aliphatic hydroxyl groups excluding tert-OH is 1. The normalized spacial score (nSPS) is 39.1. The van der Waals surface area contributed by atoms with Gasteiger partial charge in [0.1, 0.15) is 11.9 Å². The Balaban J connectivity index is 1.92. The van der Waals surface area contributed by atoms with Crippen LogP contribution < -0.4 is 0 Å². The van der Waals surface area contributed by atoms with Crippen LogP contribution in [0.3, 0.4) is 0 Å². The van der Waals surface area contributed by atoms with E-state index in [2.05, 4.69) is 32.6 Å². The fourth-order valence-corrected chi connectivity index (χ4v) is 3.34. The number of halogens is 2. The first-order chi connectivity index (χ1) is 8.15. The van der Waals surface area contributed by atoms with Gasteiger partial charge in [0.15, 0.2) is 11.8 Å². The van der Waals surface area contributed by atoms with E-state index in [9.17, 15) is 0 Å². The molecule has 17 heavy (non-hydrogen) atoms. The van der Waals surface area contributed by atoms with Crippen molar-refractivity contribution in [3.05, 3.63) is 23.8 Å².